The van der Waals surface area contributed by atoms with Crippen molar-refractivity contribution in [3.05, 3.63) is 99.5 Å². The van der Waals surface area contributed by atoms with E-state index >= 15 is 0 Å². The van der Waals surface area contributed by atoms with Crippen molar-refractivity contribution in [2.45, 2.75) is 6.92 Å². The van der Waals surface area contributed by atoms with Crippen molar-refractivity contribution in [2.24, 2.45) is 0 Å². The first-order chi connectivity index (χ1) is 13.9. The Labute approximate surface area is 179 Å². The molecule has 29 heavy (non-hydrogen) atoms. The van der Waals surface area contributed by atoms with Gasteiger partial charge in [0.25, 0.3) is 5.91 Å². The Balaban J connectivity index is 1.70. The Kier molecular flexibility index (Phi) is 6.70. The lowest BCUT2D eigenvalue weighted by Gasteiger charge is -2.13. The summed E-state index contributed by atoms with van der Waals surface area (Å²) in [6.45, 7) is 1.83. The smallest absolute Gasteiger partial charge is 0.255 e. The van der Waals surface area contributed by atoms with Crippen LogP contribution in [0.3, 0.4) is 0 Å². The lowest BCUT2D eigenvalue weighted by molar-refractivity contribution is -0.111. The molecule has 0 bridgehead atoms. The second-order valence-corrected chi connectivity index (χ2v) is 7.11. The average Bonchev–Trinajstić information content (AvgIpc) is 2.72. The number of halogens is 2. The molecule has 0 aliphatic heterocycles. The van der Waals surface area contributed by atoms with E-state index in [0.717, 1.165) is 11.1 Å². The molecule has 0 aliphatic carbocycles. The van der Waals surface area contributed by atoms with E-state index in [4.69, 9.17) is 23.2 Å². The molecule has 4 nitrogen and oxygen atoms in total. The van der Waals surface area contributed by atoms with Gasteiger partial charge in [-0.05, 0) is 60.5 Å². The molecule has 6 heteroatoms. The van der Waals surface area contributed by atoms with E-state index in [-0.39, 0.29) is 11.8 Å². The normalized spacial score (nSPS) is 10.7. The Hall–Kier alpha value is -3.08. The maximum absolute atomic E-state index is 12.4. The summed E-state index contributed by atoms with van der Waals surface area (Å²) < 4.78 is 0. The van der Waals surface area contributed by atoms with E-state index in [1.165, 1.54) is 6.08 Å². The summed E-state index contributed by atoms with van der Waals surface area (Å²) in [7, 11) is 0. The van der Waals surface area contributed by atoms with Gasteiger partial charge in [-0.25, -0.2) is 0 Å². The summed E-state index contributed by atoms with van der Waals surface area (Å²) in [5.41, 5.74) is 3.32. The molecule has 0 saturated carbocycles. The molecule has 3 aromatic rings. The lowest BCUT2D eigenvalue weighted by Crippen LogP contribution is -2.14. The predicted molar refractivity (Wildman–Crippen MR) is 120 cm³/mol. The van der Waals surface area contributed by atoms with Crippen molar-refractivity contribution in [1.29, 1.82) is 0 Å². The molecule has 0 spiro atoms. The zero-order chi connectivity index (χ0) is 20.8. The Morgan fingerprint density at radius 1 is 0.828 bits per heavy atom. The van der Waals surface area contributed by atoms with E-state index in [2.05, 4.69) is 10.6 Å². The van der Waals surface area contributed by atoms with E-state index in [9.17, 15) is 9.59 Å². The number of amides is 2. The molecular formula is C23H18Cl2N2O2. The molecule has 146 valence electrons. The zero-order valence-corrected chi connectivity index (χ0v) is 17.1. The van der Waals surface area contributed by atoms with E-state index < -0.39 is 0 Å². The number of carbonyl (C=O) groups is 2. The number of nitrogens with one attached hydrogen (secondary N) is 2. The van der Waals surface area contributed by atoms with Crippen LogP contribution in [-0.4, -0.2) is 11.8 Å². The summed E-state index contributed by atoms with van der Waals surface area (Å²) in [4.78, 5) is 24.7. The predicted octanol–water partition coefficient (Wildman–Crippen LogP) is 6.21. The van der Waals surface area contributed by atoms with Crippen molar-refractivity contribution >= 4 is 52.5 Å². The van der Waals surface area contributed by atoms with Gasteiger partial charge in [0.05, 0.1) is 10.0 Å². The fraction of sp³-hybridized carbons (Fsp3) is 0.0435. The third kappa shape index (κ3) is 5.47. The summed E-state index contributed by atoms with van der Waals surface area (Å²) in [5, 5.41) is 6.58. The Morgan fingerprint density at radius 3 is 2.21 bits per heavy atom. The minimum atomic E-state index is -0.300. The molecule has 0 atom stereocenters. The van der Waals surface area contributed by atoms with Gasteiger partial charge < -0.3 is 10.6 Å². The highest BCUT2D eigenvalue weighted by Gasteiger charge is 2.10. The van der Waals surface area contributed by atoms with Crippen LogP contribution >= 0.6 is 23.2 Å². The molecule has 0 fully saturated rings. The number of rotatable bonds is 5. The third-order valence-electron chi connectivity index (χ3n) is 4.25. The molecule has 0 heterocycles. The lowest BCUT2D eigenvalue weighted by atomic mass is 10.1. The van der Waals surface area contributed by atoms with Gasteiger partial charge in [-0.15, -0.1) is 0 Å². The van der Waals surface area contributed by atoms with Crippen LogP contribution in [0.1, 0.15) is 21.5 Å². The molecule has 2 amide bonds. The number of carbonyl (C=O) groups excluding carboxylic acids is 2. The van der Waals surface area contributed by atoms with Crippen molar-refractivity contribution < 1.29 is 9.59 Å². The second-order valence-electron chi connectivity index (χ2n) is 6.29. The number of anilines is 2. The summed E-state index contributed by atoms with van der Waals surface area (Å²) in [5.74, 6) is -0.512. The van der Waals surface area contributed by atoms with Crippen LogP contribution in [-0.2, 0) is 4.79 Å². The topological polar surface area (TPSA) is 58.2 Å². The van der Waals surface area contributed by atoms with Gasteiger partial charge >= 0.3 is 0 Å². The van der Waals surface area contributed by atoms with Gasteiger partial charge in [0.1, 0.15) is 0 Å². The highest BCUT2D eigenvalue weighted by Crippen LogP contribution is 2.25. The highest BCUT2D eigenvalue weighted by molar-refractivity contribution is 6.42. The standard InChI is InChI=1S/C23H18Cl2N2O2/c1-15-20(26-22(28)13-11-16-10-12-18(24)19(25)14-16)8-5-9-21(15)27-23(29)17-6-3-2-4-7-17/h2-14H,1H3,(H,26,28)(H,27,29)/b13-11+. The van der Waals surface area contributed by atoms with Crippen LogP contribution in [0.2, 0.25) is 10.0 Å². The zero-order valence-electron chi connectivity index (χ0n) is 15.6. The maximum Gasteiger partial charge on any atom is 0.255 e. The van der Waals surface area contributed by atoms with Crippen molar-refractivity contribution in [3.8, 4) is 0 Å². The summed E-state index contributed by atoms with van der Waals surface area (Å²) in [6, 6.07) is 19.4. The fourth-order valence-electron chi connectivity index (χ4n) is 2.65. The van der Waals surface area contributed by atoms with Crippen LogP contribution in [0.4, 0.5) is 11.4 Å². The molecular weight excluding hydrogens is 407 g/mol. The van der Waals surface area contributed by atoms with Gasteiger partial charge in [-0.1, -0.05) is 53.5 Å². The monoisotopic (exact) mass is 424 g/mol. The van der Waals surface area contributed by atoms with Crippen LogP contribution in [0, 0.1) is 6.92 Å². The second kappa shape index (κ2) is 9.41. The number of benzene rings is 3. The summed E-state index contributed by atoms with van der Waals surface area (Å²) >= 11 is 11.9. The van der Waals surface area contributed by atoms with Gasteiger partial charge in [0.2, 0.25) is 5.91 Å². The number of hydrogen-bond acceptors (Lipinski definition) is 2. The molecule has 0 aliphatic rings. The third-order valence-corrected chi connectivity index (χ3v) is 4.99. The van der Waals surface area contributed by atoms with Crippen LogP contribution in [0.15, 0.2) is 72.8 Å². The molecule has 3 rings (SSSR count). The number of hydrogen-bond donors (Lipinski definition) is 2. The molecule has 0 radical (unpaired) electrons. The average molecular weight is 425 g/mol. The van der Waals surface area contributed by atoms with Gasteiger partial charge in [-0.2, -0.15) is 0 Å². The molecule has 2 N–H and O–H groups in total. The minimum Gasteiger partial charge on any atom is -0.322 e. The van der Waals surface area contributed by atoms with Crippen LogP contribution in [0.25, 0.3) is 6.08 Å². The van der Waals surface area contributed by atoms with E-state index in [0.29, 0.717) is 27.0 Å². The molecule has 3 aromatic carbocycles. The van der Waals surface area contributed by atoms with Crippen LogP contribution in [0.5, 0.6) is 0 Å². The fourth-order valence-corrected chi connectivity index (χ4v) is 2.96. The van der Waals surface area contributed by atoms with Gasteiger partial charge in [0, 0.05) is 23.0 Å². The van der Waals surface area contributed by atoms with Gasteiger partial charge in [-0.3, -0.25) is 9.59 Å². The van der Waals surface area contributed by atoms with E-state index in [1.54, 1.807) is 66.7 Å². The quantitative estimate of drug-likeness (QED) is 0.478. The van der Waals surface area contributed by atoms with Crippen molar-refractivity contribution in [2.75, 3.05) is 10.6 Å². The molecule has 0 aromatic heterocycles. The SMILES string of the molecule is Cc1c(NC(=O)/C=C/c2ccc(Cl)c(Cl)c2)cccc1NC(=O)c1ccccc1. The minimum absolute atomic E-state index is 0.211. The first-order valence-corrected chi connectivity index (χ1v) is 9.60. The Morgan fingerprint density at radius 2 is 1.52 bits per heavy atom. The highest BCUT2D eigenvalue weighted by atomic mass is 35.5. The summed E-state index contributed by atoms with van der Waals surface area (Å²) in [6.07, 6.45) is 3.06. The molecule has 0 unspecified atom stereocenters. The van der Waals surface area contributed by atoms with Crippen molar-refractivity contribution in [1.82, 2.24) is 0 Å². The van der Waals surface area contributed by atoms with Crippen LogP contribution < -0.4 is 10.6 Å². The first-order valence-electron chi connectivity index (χ1n) is 8.84. The Bertz CT molecular complexity index is 1080. The molecule has 0 saturated heterocycles. The first kappa shape index (κ1) is 20.6. The van der Waals surface area contributed by atoms with Crippen molar-refractivity contribution in [3.63, 3.8) is 0 Å². The van der Waals surface area contributed by atoms with Gasteiger partial charge in [0.15, 0.2) is 0 Å². The van der Waals surface area contributed by atoms with E-state index in [1.807, 2.05) is 13.0 Å². The maximum atomic E-state index is 12.4. The largest absolute Gasteiger partial charge is 0.322 e.